The molecule has 0 spiro atoms. The molecule has 4 saturated carbocycles. The van der Waals surface area contributed by atoms with Gasteiger partial charge in [0.05, 0.1) is 6.26 Å². The number of anilines is 2. The fraction of sp³-hybridized carbons (Fsp3) is 0.478. The first-order valence-corrected chi connectivity index (χ1v) is 10.3. The molecule has 1 aromatic carbocycles. The maximum atomic E-state index is 12.8. The van der Waals surface area contributed by atoms with Crippen molar-refractivity contribution in [2.75, 3.05) is 10.6 Å². The van der Waals surface area contributed by atoms with E-state index in [1.165, 1.54) is 44.8 Å². The van der Waals surface area contributed by atoms with Gasteiger partial charge in [-0.25, -0.2) is 0 Å². The molecule has 4 aliphatic rings. The van der Waals surface area contributed by atoms with E-state index < -0.39 is 0 Å². The molecular formula is C23H26N2O3. The van der Waals surface area contributed by atoms with Crippen molar-refractivity contribution in [2.24, 2.45) is 23.2 Å². The number of furan rings is 1. The lowest BCUT2D eigenvalue weighted by Gasteiger charge is -2.56. The summed E-state index contributed by atoms with van der Waals surface area (Å²) in [6.45, 7) is 0. The first-order valence-electron chi connectivity index (χ1n) is 10.3. The Kier molecular flexibility index (Phi) is 4.26. The van der Waals surface area contributed by atoms with Crippen LogP contribution in [0.5, 0.6) is 0 Å². The van der Waals surface area contributed by atoms with Crippen LogP contribution < -0.4 is 10.6 Å². The molecule has 6 rings (SSSR count). The van der Waals surface area contributed by atoms with Crippen LogP contribution in [0, 0.1) is 23.2 Å². The molecule has 0 atom stereocenters. The lowest BCUT2D eigenvalue weighted by molar-refractivity contribution is -0.124. The minimum absolute atomic E-state index is 0.0939. The monoisotopic (exact) mass is 378 g/mol. The van der Waals surface area contributed by atoms with Crippen molar-refractivity contribution >= 4 is 23.2 Å². The van der Waals surface area contributed by atoms with Gasteiger partial charge in [0, 0.05) is 17.8 Å². The molecule has 5 heteroatoms. The molecule has 0 unspecified atom stereocenters. The van der Waals surface area contributed by atoms with Crippen molar-refractivity contribution in [3.8, 4) is 0 Å². The molecule has 2 amide bonds. The molecular weight excluding hydrogens is 352 g/mol. The van der Waals surface area contributed by atoms with E-state index in [4.69, 9.17) is 4.42 Å². The van der Waals surface area contributed by atoms with E-state index in [0.29, 0.717) is 17.8 Å². The smallest absolute Gasteiger partial charge is 0.291 e. The van der Waals surface area contributed by atoms with Crippen LogP contribution in [0.25, 0.3) is 0 Å². The molecule has 0 radical (unpaired) electrons. The van der Waals surface area contributed by atoms with Gasteiger partial charge in [-0.2, -0.15) is 0 Å². The summed E-state index contributed by atoms with van der Waals surface area (Å²) in [5, 5.41) is 5.85. The molecule has 4 fully saturated rings. The summed E-state index contributed by atoms with van der Waals surface area (Å²) in [5.74, 6) is 2.59. The zero-order chi connectivity index (χ0) is 19.1. The molecule has 2 aromatic rings. The highest BCUT2D eigenvalue weighted by Gasteiger charge is 2.51. The Labute approximate surface area is 164 Å². The van der Waals surface area contributed by atoms with Crippen molar-refractivity contribution < 1.29 is 14.0 Å². The maximum absolute atomic E-state index is 12.8. The lowest BCUT2D eigenvalue weighted by Crippen LogP contribution is -2.47. The van der Waals surface area contributed by atoms with Crippen molar-refractivity contribution in [1.29, 1.82) is 0 Å². The van der Waals surface area contributed by atoms with Crippen molar-refractivity contribution in [3.63, 3.8) is 0 Å². The maximum Gasteiger partial charge on any atom is 0.291 e. The number of carbonyl (C=O) groups is 2. The highest BCUT2D eigenvalue weighted by atomic mass is 16.3. The number of amides is 2. The topological polar surface area (TPSA) is 71.3 Å². The molecule has 0 saturated heterocycles. The Morgan fingerprint density at radius 3 is 2.18 bits per heavy atom. The summed E-state index contributed by atoms with van der Waals surface area (Å²) in [5.41, 5.74) is 1.57. The SMILES string of the molecule is O=C(CC12CC3CC(CC(C3)C1)C2)Nc1cccc(NC(=O)c2ccco2)c1. The summed E-state index contributed by atoms with van der Waals surface area (Å²) >= 11 is 0. The second-order valence-electron chi connectivity index (χ2n) is 9.15. The normalized spacial score (nSPS) is 30.2. The average molecular weight is 378 g/mol. The molecule has 146 valence electrons. The zero-order valence-corrected chi connectivity index (χ0v) is 15.9. The largest absolute Gasteiger partial charge is 0.459 e. The predicted molar refractivity (Wildman–Crippen MR) is 107 cm³/mol. The quantitative estimate of drug-likeness (QED) is 0.762. The van der Waals surface area contributed by atoms with Crippen LogP contribution in [0.1, 0.15) is 55.5 Å². The summed E-state index contributed by atoms with van der Waals surface area (Å²) in [4.78, 5) is 24.9. The minimum Gasteiger partial charge on any atom is -0.459 e. The van der Waals surface area contributed by atoms with E-state index in [2.05, 4.69) is 10.6 Å². The highest BCUT2D eigenvalue weighted by Crippen LogP contribution is 2.61. The van der Waals surface area contributed by atoms with Gasteiger partial charge in [-0.05, 0) is 92.0 Å². The molecule has 1 heterocycles. The third kappa shape index (κ3) is 3.46. The molecule has 0 aliphatic heterocycles. The number of hydrogen-bond acceptors (Lipinski definition) is 3. The third-order valence-electron chi connectivity index (χ3n) is 6.85. The van der Waals surface area contributed by atoms with E-state index in [-0.39, 0.29) is 23.0 Å². The lowest BCUT2D eigenvalue weighted by atomic mass is 9.49. The fourth-order valence-electron chi connectivity index (χ4n) is 6.33. The van der Waals surface area contributed by atoms with Gasteiger partial charge in [0.1, 0.15) is 0 Å². The van der Waals surface area contributed by atoms with E-state index in [9.17, 15) is 9.59 Å². The van der Waals surface area contributed by atoms with Crippen molar-refractivity contribution in [3.05, 3.63) is 48.4 Å². The minimum atomic E-state index is -0.304. The summed E-state index contributed by atoms with van der Waals surface area (Å²) in [6, 6.07) is 10.6. The second kappa shape index (κ2) is 6.80. The van der Waals surface area contributed by atoms with Gasteiger partial charge in [-0.1, -0.05) is 6.07 Å². The Balaban J connectivity index is 1.23. The first kappa shape index (κ1) is 17.5. The van der Waals surface area contributed by atoms with Crippen LogP contribution >= 0.6 is 0 Å². The van der Waals surface area contributed by atoms with Crippen LogP contribution in [0.15, 0.2) is 47.1 Å². The van der Waals surface area contributed by atoms with Crippen LogP contribution in [0.2, 0.25) is 0 Å². The predicted octanol–water partition coefficient (Wildman–Crippen LogP) is 5.08. The van der Waals surface area contributed by atoms with Crippen LogP contribution in [0.3, 0.4) is 0 Å². The Hall–Kier alpha value is -2.56. The second-order valence-corrected chi connectivity index (χ2v) is 9.15. The number of benzene rings is 1. The highest BCUT2D eigenvalue weighted by molar-refractivity contribution is 6.02. The summed E-state index contributed by atoms with van der Waals surface area (Å²) in [6.07, 6.45) is 9.94. The first-order chi connectivity index (χ1) is 13.6. The van der Waals surface area contributed by atoms with Crippen molar-refractivity contribution in [1.82, 2.24) is 0 Å². The van der Waals surface area contributed by atoms with Gasteiger partial charge in [-0.15, -0.1) is 0 Å². The van der Waals surface area contributed by atoms with Crippen LogP contribution in [-0.4, -0.2) is 11.8 Å². The number of rotatable bonds is 5. The standard InChI is InChI=1S/C23H26N2O3/c26-21(14-23-11-15-7-16(12-23)9-17(8-15)13-23)24-18-3-1-4-19(10-18)25-22(27)20-5-2-6-28-20/h1-6,10,15-17H,7-9,11-14H2,(H,24,26)(H,25,27). The van der Waals surface area contributed by atoms with Gasteiger partial charge in [0.15, 0.2) is 5.76 Å². The summed E-state index contributed by atoms with van der Waals surface area (Å²) in [7, 11) is 0. The Morgan fingerprint density at radius 1 is 0.929 bits per heavy atom. The van der Waals surface area contributed by atoms with Gasteiger partial charge < -0.3 is 15.1 Å². The van der Waals surface area contributed by atoms with E-state index in [1.54, 1.807) is 24.3 Å². The molecule has 5 nitrogen and oxygen atoms in total. The van der Waals surface area contributed by atoms with Crippen molar-refractivity contribution in [2.45, 2.75) is 44.9 Å². The Morgan fingerprint density at radius 2 is 1.57 bits per heavy atom. The van der Waals surface area contributed by atoms with Gasteiger partial charge in [0.25, 0.3) is 5.91 Å². The van der Waals surface area contributed by atoms with Gasteiger partial charge in [0.2, 0.25) is 5.91 Å². The average Bonchev–Trinajstić information content (AvgIpc) is 3.15. The Bertz CT molecular complexity index is 852. The molecule has 28 heavy (non-hydrogen) atoms. The summed E-state index contributed by atoms with van der Waals surface area (Å²) < 4.78 is 5.11. The van der Waals surface area contributed by atoms with Gasteiger partial charge >= 0.3 is 0 Å². The van der Waals surface area contributed by atoms with Crippen LogP contribution in [-0.2, 0) is 4.79 Å². The van der Waals surface area contributed by atoms with E-state index in [1.807, 2.05) is 12.1 Å². The fourth-order valence-corrected chi connectivity index (χ4v) is 6.33. The molecule has 1 aromatic heterocycles. The zero-order valence-electron chi connectivity index (χ0n) is 15.9. The number of nitrogens with one attached hydrogen (secondary N) is 2. The molecule has 2 N–H and O–H groups in total. The molecule has 4 bridgehead atoms. The molecule has 4 aliphatic carbocycles. The third-order valence-corrected chi connectivity index (χ3v) is 6.85. The number of hydrogen-bond donors (Lipinski definition) is 2. The number of carbonyl (C=O) groups excluding carboxylic acids is 2. The van der Waals surface area contributed by atoms with Gasteiger partial charge in [-0.3, -0.25) is 9.59 Å². The van der Waals surface area contributed by atoms with E-state index in [0.717, 1.165) is 17.8 Å². The van der Waals surface area contributed by atoms with E-state index >= 15 is 0 Å². The van der Waals surface area contributed by atoms with Crippen LogP contribution in [0.4, 0.5) is 11.4 Å².